The van der Waals surface area contributed by atoms with Crippen molar-refractivity contribution in [1.29, 1.82) is 0 Å². The van der Waals surface area contributed by atoms with Crippen LogP contribution in [0.1, 0.15) is 41.8 Å². The van der Waals surface area contributed by atoms with E-state index in [2.05, 4.69) is 58.4 Å². The van der Waals surface area contributed by atoms with Gasteiger partial charge >= 0.3 is 0 Å². The second-order valence-corrected chi connectivity index (χ2v) is 8.29. The molecule has 1 aliphatic rings. The van der Waals surface area contributed by atoms with Gasteiger partial charge in [-0.1, -0.05) is 60.7 Å². The Kier molecular flexibility index (Phi) is 5.68. The summed E-state index contributed by atoms with van der Waals surface area (Å²) in [5, 5.41) is 1.26. The van der Waals surface area contributed by atoms with E-state index in [0.717, 1.165) is 41.9 Å². The van der Waals surface area contributed by atoms with E-state index < -0.39 is 0 Å². The summed E-state index contributed by atoms with van der Waals surface area (Å²) in [4.78, 5) is 19.1. The van der Waals surface area contributed by atoms with Gasteiger partial charge < -0.3 is 14.6 Å². The first-order valence-corrected chi connectivity index (χ1v) is 11.4. The van der Waals surface area contributed by atoms with Crippen LogP contribution in [0.4, 0.5) is 0 Å². The number of aromatic nitrogens is 1. The summed E-state index contributed by atoms with van der Waals surface area (Å²) in [5.41, 5.74) is 5.89. The van der Waals surface area contributed by atoms with Crippen LogP contribution in [0.25, 0.3) is 10.9 Å². The van der Waals surface area contributed by atoms with Gasteiger partial charge in [0.25, 0.3) is 0 Å². The van der Waals surface area contributed by atoms with E-state index in [1.54, 1.807) is 0 Å². The summed E-state index contributed by atoms with van der Waals surface area (Å²) in [6.45, 7) is 3.35. The van der Waals surface area contributed by atoms with Gasteiger partial charge in [-0.05, 0) is 54.7 Å². The molecule has 3 aromatic carbocycles. The van der Waals surface area contributed by atoms with Crippen LogP contribution in [0, 0.1) is 0 Å². The van der Waals surface area contributed by atoms with Crippen molar-refractivity contribution in [2.45, 2.75) is 32.2 Å². The maximum absolute atomic E-state index is 13.4. The van der Waals surface area contributed by atoms with Crippen LogP contribution in [-0.2, 0) is 17.6 Å². The molecule has 0 saturated carbocycles. The Balaban J connectivity index is 1.49. The number of rotatable bonds is 6. The average molecular weight is 425 g/mol. The second-order valence-electron chi connectivity index (χ2n) is 8.29. The largest absolute Gasteiger partial charge is 0.494 e. The van der Waals surface area contributed by atoms with E-state index in [9.17, 15) is 4.79 Å². The lowest BCUT2D eigenvalue weighted by Crippen LogP contribution is -2.40. The Morgan fingerprint density at radius 3 is 2.53 bits per heavy atom. The summed E-state index contributed by atoms with van der Waals surface area (Å²) in [7, 11) is 0. The minimum atomic E-state index is -0.120. The van der Waals surface area contributed by atoms with E-state index in [4.69, 9.17) is 4.74 Å². The molecule has 1 amide bonds. The van der Waals surface area contributed by atoms with E-state index in [1.165, 1.54) is 16.5 Å². The molecule has 4 aromatic rings. The standard InChI is InChI=1S/C28H28N2O2/c1-2-32-22-15-13-21(14-16-22)28-27-24(23-10-6-7-11-25(23)29-27)18-19-30(28)26(31)17-12-20-8-4-3-5-9-20/h3-11,13-16,28-29H,2,12,17-19H2,1H3/t28-/m0/s1. The minimum absolute atomic E-state index is 0.120. The molecule has 0 unspecified atom stereocenters. The van der Waals surface area contributed by atoms with Crippen molar-refractivity contribution in [3.05, 3.63) is 101 Å². The van der Waals surface area contributed by atoms with Crippen molar-refractivity contribution in [2.24, 2.45) is 0 Å². The zero-order chi connectivity index (χ0) is 21.9. The summed E-state index contributed by atoms with van der Waals surface area (Å²) in [6, 6.07) is 26.7. The Bertz CT molecular complexity index is 1210. The molecule has 4 heteroatoms. The third kappa shape index (κ3) is 3.89. The van der Waals surface area contributed by atoms with Gasteiger partial charge in [-0.2, -0.15) is 0 Å². The van der Waals surface area contributed by atoms with Gasteiger partial charge in [-0.25, -0.2) is 0 Å². The predicted octanol–water partition coefficient (Wildman–Crippen LogP) is 5.67. The third-order valence-corrected chi connectivity index (χ3v) is 6.33. The van der Waals surface area contributed by atoms with Gasteiger partial charge in [-0.15, -0.1) is 0 Å². The van der Waals surface area contributed by atoms with E-state index >= 15 is 0 Å². The molecule has 0 aliphatic carbocycles. The van der Waals surface area contributed by atoms with Crippen molar-refractivity contribution in [3.8, 4) is 5.75 Å². The Hall–Kier alpha value is -3.53. The lowest BCUT2D eigenvalue weighted by Gasteiger charge is -2.36. The highest BCUT2D eigenvalue weighted by Gasteiger charge is 2.34. The van der Waals surface area contributed by atoms with Crippen LogP contribution in [0.3, 0.4) is 0 Å². The molecular weight excluding hydrogens is 396 g/mol. The number of fused-ring (bicyclic) bond motifs is 3. The normalized spacial score (nSPS) is 15.5. The number of amides is 1. The highest BCUT2D eigenvalue weighted by Crippen LogP contribution is 2.39. The molecule has 0 fully saturated rings. The highest BCUT2D eigenvalue weighted by atomic mass is 16.5. The SMILES string of the molecule is CCOc1ccc([C@H]2c3[nH]c4ccccc4c3CCN2C(=O)CCc2ccccc2)cc1. The first-order valence-electron chi connectivity index (χ1n) is 11.4. The molecule has 5 rings (SSSR count). The molecule has 0 radical (unpaired) electrons. The number of benzene rings is 3. The quantitative estimate of drug-likeness (QED) is 0.433. The number of aromatic amines is 1. The molecule has 162 valence electrons. The number of hydrogen-bond acceptors (Lipinski definition) is 2. The molecular formula is C28H28N2O2. The fraction of sp³-hybridized carbons (Fsp3) is 0.250. The lowest BCUT2D eigenvalue weighted by molar-refractivity contribution is -0.133. The van der Waals surface area contributed by atoms with Gasteiger partial charge in [0.15, 0.2) is 0 Å². The first kappa shape index (κ1) is 20.4. The summed E-state index contributed by atoms with van der Waals surface area (Å²) >= 11 is 0. The number of nitrogens with zero attached hydrogens (tertiary/aromatic N) is 1. The molecule has 0 bridgehead atoms. The number of hydrogen-bond donors (Lipinski definition) is 1. The molecule has 0 saturated heterocycles. The van der Waals surface area contributed by atoms with Crippen molar-refractivity contribution in [3.63, 3.8) is 0 Å². The van der Waals surface area contributed by atoms with Gasteiger partial charge in [0.2, 0.25) is 5.91 Å². The van der Waals surface area contributed by atoms with Crippen molar-refractivity contribution < 1.29 is 9.53 Å². The zero-order valence-electron chi connectivity index (χ0n) is 18.4. The zero-order valence-corrected chi connectivity index (χ0v) is 18.4. The number of para-hydroxylation sites is 1. The minimum Gasteiger partial charge on any atom is -0.494 e. The fourth-order valence-electron chi connectivity index (χ4n) is 4.81. The molecule has 1 N–H and O–H groups in total. The number of aryl methyl sites for hydroxylation is 1. The smallest absolute Gasteiger partial charge is 0.223 e. The predicted molar refractivity (Wildman–Crippen MR) is 128 cm³/mol. The van der Waals surface area contributed by atoms with Gasteiger partial charge in [0.1, 0.15) is 5.75 Å². The molecule has 1 atom stereocenters. The Morgan fingerprint density at radius 1 is 1.00 bits per heavy atom. The molecule has 4 nitrogen and oxygen atoms in total. The monoisotopic (exact) mass is 424 g/mol. The van der Waals surface area contributed by atoms with Crippen LogP contribution in [0.5, 0.6) is 5.75 Å². The van der Waals surface area contributed by atoms with Crippen molar-refractivity contribution >= 4 is 16.8 Å². The number of ether oxygens (including phenoxy) is 1. The Labute approximate surface area is 188 Å². The van der Waals surface area contributed by atoms with E-state index in [-0.39, 0.29) is 11.9 Å². The fourth-order valence-corrected chi connectivity index (χ4v) is 4.81. The van der Waals surface area contributed by atoms with Crippen LogP contribution in [0.2, 0.25) is 0 Å². The number of carbonyl (C=O) groups excluding carboxylic acids is 1. The molecule has 1 aliphatic heterocycles. The van der Waals surface area contributed by atoms with Crippen LogP contribution in [-0.4, -0.2) is 28.9 Å². The first-order chi connectivity index (χ1) is 15.7. The summed E-state index contributed by atoms with van der Waals surface area (Å²) < 4.78 is 5.64. The van der Waals surface area contributed by atoms with Crippen molar-refractivity contribution in [2.75, 3.05) is 13.2 Å². The van der Waals surface area contributed by atoms with Crippen LogP contribution in [0.15, 0.2) is 78.9 Å². The highest BCUT2D eigenvalue weighted by molar-refractivity contribution is 5.86. The number of nitrogens with one attached hydrogen (secondary N) is 1. The maximum atomic E-state index is 13.4. The third-order valence-electron chi connectivity index (χ3n) is 6.33. The van der Waals surface area contributed by atoms with Crippen LogP contribution >= 0.6 is 0 Å². The maximum Gasteiger partial charge on any atom is 0.223 e. The van der Waals surface area contributed by atoms with Crippen LogP contribution < -0.4 is 4.74 Å². The van der Waals surface area contributed by atoms with Crippen molar-refractivity contribution in [1.82, 2.24) is 9.88 Å². The summed E-state index contributed by atoms with van der Waals surface area (Å²) in [6.07, 6.45) is 2.13. The number of H-pyrrole nitrogens is 1. The number of carbonyl (C=O) groups is 1. The molecule has 2 heterocycles. The summed E-state index contributed by atoms with van der Waals surface area (Å²) in [5.74, 6) is 1.04. The van der Waals surface area contributed by atoms with Gasteiger partial charge in [0, 0.05) is 29.6 Å². The molecule has 0 spiro atoms. The second kappa shape index (κ2) is 8.91. The topological polar surface area (TPSA) is 45.3 Å². The van der Waals surface area contributed by atoms with Gasteiger partial charge in [0.05, 0.1) is 12.6 Å². The lowest BCUT2D eigenvalue weighted by atomic mass is 9.91. The molecule has 32 heavy (non-hydrogen) atoms. The van der Waals surface area contributed by atoms with E-state index in [0.29, 0.717) is 13.0 Å². The van der Waals surface area contributed by atoms with E-state index in [1.807, 2.05) is 37.3 Å². The Morgan fingerprint density at radius 2 is 1.75 bits per heavy atom. The average Bonchev–Trinajstić information content (AvgIpc) is 3.22. The van der Waals surface area contributed by atoms with Gasteiger partial charge in [-0.3, -0.25) is 4.79 Å². The molecule has 1 aromatic heterocycles.